The molecule has 86 valence electrons. The molecular weight excluding hydrogens is 212 g/mol. The van der Waals surface area contributed by atoms with Crippen LogP contribution in [0.2, 0.25) is 0 Å². The zero-order valence-electron chi connectivity index (χ0n) is 9.33. The maximum Gasteiger partial charge on any atom is 0.207 e. The molecule has 0 radical (unpaired) electrons. The van der Waals surface area contributed by atoms with Crippen molar-refractivity contribution in [1.82, 2.24) is 0 Å². The number of Topliss-reactive ketones (excluding diaryl/α,β-unsaturated/α-hetero) is 1. The minimum Gasteiger partial charge on any atom is -0.493 e. The summed E-state index contributed by atoms with van der Waals surface area (Å²) in [4.78, 5) is 11.6. The van der Waals surface area contributed by atoms with E-state index in [0.29, 0.717) is 28.6 Å². The summed E-state index contributed by atoms with van der Waals surface area (Å²) in [5.74, 6) is 1.60. The molecule has 0 spiro atoms. The molecule has 1 aromatic rings. The van der Waals surface area contributed by atoms with Crippen LogP contribution in [0, 0.1) is 0 Å². The van der Waals surface area contributed by atoms with Crippen LogP contribution < -0.4 is 18.9 Å². The van der Waals surface area contributed by atoms with Gasteiger partial charge in [-0.05, 0) is 0 Å². The van der Waals surface area contributed by atoms with E-state index in [9.17, 15) is 4.79 Å². The van der Waals surface area contributed by atoms with E-state index in [2.05, 4.69) is 0 Å². The molecule has 0 atom stereocenters. The molecular formula is C11H12O5. The summed E-state index contributed by atoms with van der Waals surface area (Å²) in [6.45, 7) is 0.0298. The molecule has 1 aliphatic heterocycles. The highest BCUT2D eigenvalue weighted by atomic mass is 16.5. The predicted octanol–water partition coefficient (Wildman–Crippen LogP) is 1.29. The van der Waals surface area contributed by atoms with Gasteiger partial charge in [0.1, 0.15) is 11.3 Å². The van der Waals surface area contributed by atoms with Crippen molar-refractivity contribution in [2.24, 2.45) is 0 Å². The Morgan fingerprint density at radius 3 is 2.38 bits per heavy atom. The van der Waals surface area contributed by atoms with Crippen LogP contribution in [0.15, 0.2) is 6.07 Å². The van der Waals surface area contributed by atoms with Crippen molar-refractivity contribution < 1.29 is 23.7 Å². The second-order valence-electron chi connectivity index (χ2n) is 3.23. The highest BCUT2D eigenvalue weighted by Gasteiger charge is 2.31. The first-order valence-electron chi connectivity index (χ1n) is 4.71. The molecule has 0 N–H and O–H groups in total. The van der Waals surface area contributed by atoms with Gasteiger partial charge in [-0.1, -0.05) is 0 Å². The number of carbonyl (C=O) groups is 1. The predicted molar refractivity (Wildman–Crippen MR) is 55.9 cm³/mol. The van der Waals surface area contributed by atoms with Gasteiger partial charge in [-0.3, -0.25) is 4.79 Å². The average molecular weight is 224 g/mol. The third kappa shape index (κ3) is 1.36. The van der Waals surface area contributed by atoms with Gasteiger partial charge in [0.15, 0.2) is 18.1 Å². The largest absolute Gasteiger partial charge is 0.493 e. The number of hydrogen-bond acceptors (Lipinski definition) is 5. The number of fused-ring (bicyclic) bond motifs is 1. The highest BCUT2D eigenvalue weighted by Crippen LogP contribution is 2.46. The van der Waals surface area contributed by atoms with Gasteiger partial charge in [-0.15, -0.1) is 0 Å². The monoisotopic (exact) mass is 224 g/mol. The van der Waals surface area contributed by atoms with Crippen LogP contribution in [0.4, 0.5) is 0 Å². The van der Waals surface area contributed by atoms with Crippen LogP contribution in [0.5, 0.6) is 23.0 Å². The quantitative estimate of drug-likeness (QED) is 0.774. The maximum atomic E-state index is 11.6. The minimum atomic E-state index is -0.118. The zero-order chi connectivity index (χ0) is 11.7. The Labute approximate surface area is 92.9 Å². The van der Waals surface area contributed by atoms with Crippen molar-refractivity contribution in [3.8, 4) is 23.0 Å². The molecule has 0 unspecified atom stereocenters. The van der Waals surface area contributed by atoms with Crippen molar-refractivity contribution in [1.29, 1.82) is 0 Å². The number of hydrogen-bond donors (Lipinski definition) is 0. The van der Waals surface area contributed by atoms with Crippen LogP contribution >= 0.6 is 0 Å². The summed E-state index contributed by atoms with van der Waals surface area (Å²) in [6.07, 6.45) is 0. The molecule has 5 nitrogen and oxygen atoms in total. The third-order valence-corrected chi connectivity index (χ3v) is 2.43. The fourth-order valence-corrected chi connectivity index (χ4v) is 1.73. The molecule has 0 amide bonds. The number of rotatable bonds is 3. The summed E-state index contributed by atoms with van der Waals surface area (Å²) >= 11 is 0. The fourth-order valence-electron chi connectivity index (χ4n) is 1.73. The molecule has 0 saturated carbocycles. The summed E-state index contributed by atoms with van der Waals surface area (Å²) in [7, 11) is 4.48. The molecule has 5 heteroatoms. The second kappa shape index (κ2) is 3.92. The van der Waals surface area contributed by atoms with Gasteiger partial charge in [-0.2, -0.15) is 0 Å². The first-order valence-corrected chi connectivity index (χ1v) is 4.71. The Balaban J connectivity index is 2.70. The standard InChI is InChI=1S/C11H12O5/c1-13-8-4-7-9(6(12)5-16-7)11(15-3)10(8)14-2/h4H,5H2,1-3H3. The lowest BCUT2D eigenvalue weighted by atomic mass is 10.1. The van der Waals surface area contributed by atoms with Gasteiger partial charge in [0.25, 0.3) is 0 Å². The third-order valence-electron chi connectivity index (χ3n) is 2.43. The lowest BCUT2D eigenvalue weighted by Gasteiger charge is -2.14. The number of ether oxygens (including phenoxy) is 4. The molecule has 0 bridgehead atoms. The number of benzene rings is 1. The maximum absolute atomic E-state index is 11.6. The Kier molecular flexibility index (Phi) is 2.60. The summed E-state index contributed by atoms with van der Waals surface area (Å²) in [5.41, 5.74) is 0.417. The van der Waals surface area contributed by atoms with E-state index in [1.54, 1.807) is 6.07 Å². The van der Waals surface area contributed by atoms with E-state index in [0.717, 1.165) is 0 Å². The van der Waals surface area contributed by atoms with E-state index in [-0.39, 0.29) is 12.4 Å². The van der Waals surface area contributed by atoms with Gasteiger partial charge in [0, 0.05) is 6.07 Å². The molecule has 1 aliphatic rings. The molecule has 0 aliphatic carbocycles. The second-order valence-corrected chi connectivity index (χ2v) is 3.23. The normalized spacial score (nSPS) is 13.1. The van der Waals surface area contributed by atoms with Crippen LogP contribution in [0.1, 0.15) is 10.4 Å². The van der Waals surface area contributed by atoms with Gasteiger partial charge in [0.05, 0.1) is 21.3 Å². The van der Waals surface area contributed by atoms with Crippen molar-refractivity contribution >= 4 is 5.78 Å². The van der Waals surface area contributed by atoms with Crippen LogP contribution in [0.3, 0.4) is 0 Å². The Morgan fingerprint density at radius 1 is 1.12 bits per heavy atom. The van der Waals surface area contributed by atoms with E-state index in [1.165, 1.54) is 21.3 Å². The lowest BCUT2D eigenvalue weighted by molar-refractivity contribution is 0.0959. The van der Waals surface area contributed by atoms with Crippen molar-refractivity contribution in [2.75, 3.05) is 27.9 Å². The molecule has 1 heterocycles. The molecule has 2 rings (SSSR count). The number of ketones is 1. The summed E-state index contributed by atoms with van der Waals surface area (Å²) in [6, 6.07) is 1.63. The SMILES string of the molecule is COc1cc2c(c(OC)c1OC)C(=O)CO2. The molecule has 16 heavy (non-hydrogen) atoms. The Morgan fingerprint density at radius 2 is 1.81 bits per heavy atom. The van der Waals surface area contributed by atoms with Crippen molar-refractivity contribution in [3.63, 3.8) is 0 Å². The van der Waals surface area contributed by atoms with E-state index in [1.807, 2.05) is 0 Å². The van der Waals surface area contributed by atoms with Gasteiger partial charge in [0.2, 0.25) is 11.5 Å². The number of carbonyl (C=O) groups excluding carboxylic acids is 1. The first-order chi connectivity index (χ1) is 7.72. The summed E-state index contributed by atoms with van der Waals surface area (Å²) < 4.78 is 20.7. The average Bonchev–Trinajstić information content (AvgIpc) is 2.68. The van der Waals surface area contributed by atoms with Crippen LogP contribution in [0.25, 0.3) is 0 Å². The highest BCUT2D eigenvalue weighted by molar-refractivity contribution is 6.06. The van der Waals surface area contributed by atoms with Gasteiger partial charge < -0.3 is 18.9 Å². The zero-order valence-corrected chi connectivity index (χ0v) is 9.33. The molecule has 0 aromatic heterocycles. The van der Waals surface area contributed by atoms with E-state index < -0.39 is 0 Å². The van der Waals surface area contributed by atoms with Crippen LogP contribution in [-0.2, 0) is 0 Å². The van der Waals surface area contributed by atoms with Crippen LogP contribution in [-0.4, -0.2) is 33.7 Å². The first kappa shape index (κ1) is 10.6. The van der Waals surface area contributed by atoms with Crippen molar-refractivity contribution in [2.45, 2.75) is 0 Å². The van der Waals surface area contributed by atoms with Gasteiger partial charge in [-0.25, -0.2) is 0 Å². The minimum absolute atomic E-state index is 0.0298. The smallest absolute Gasteiger partial charge is 0.207 e. The van der Waals surface area contributed by atoms with E-state index in [4.69, 9.17) is 18.9 Å². The fraction of sp³-hybridized carbons (Fsp3) is 0.364. The van der Waals surface area contributed by atoms with E-state index >= 15 is 0 Å². The Hall–Kier alpha value is -1.91. The summed E-state index contributed by atoms with van der Waals surface area (Å²) in [5, 5.41) is 0. The van der Waals surface area contributed by atoms with Crippen molar-refractivity contribution in [3.05, 3.63) is 11.6 Å². The number of methoxy groups -OCH3 is 3. The lowest BCUT2D eigenvalue weighted by Crippen LogP contribution is -2.02. The topological polar surface area (TPSA) is 54.0 Å². The molecule has 1 aromatic carbocycles. The Bertz CT molecular complexity index is 438. The molecule has 0 fully saturated rings. The van der Waals surface area contributed by atoms with Gasteiger partial charge >= 0.3 is 0 Å². The molecule has 0 saturated heterocycles.